The van der Waals surface area contributed by atoms with Crippen molar-refractivity contribution in [2.45, 2.75) is 13.8 Å². The molecule has 0 atom stereocenters. The molecule has 0 aromatic heterocycles. The van der Waals surface area contributed by atoms with Gasteiger partial charge in [-0.15, -0.1) is 0 Å². The van der Waals surface area contributed by atoms with E-state index >= 15 is 0 Å². The van der Waals surface area contributed by atoms with Crippen molar-refractivity contribution >= 4 is 23.4 Å². The first-order valence-electron chi connectivity index (χ1n) is 8.21. The van der Waals surface area contributed by atoms with Crippen molar-refractivity contribution in [3.8, 4) is 0 Å². The molecule has 0 unspecified atom stereocenters. The van der Waals surface area contributed by atoms with Crippen LogP contribution in [0.2, 0.25) is 0 Å². The van der Waals surface area contributed by atoms with Gasteiger partial charge < -0.3 is 15.0 Å². The zero-order valence-electron chi connectivity index (χ0n) is 14.4. The Balaban J connectivity index is 1.90. The summed E-state index contributed by atoms with van der Waals surface area (Å²) in [5.74, 6) is -0.281. The van der Waals surface area contributed by atoms with Gasteiger partial charge in [-0.3, -0.25) is 19.8 Å². The van der Waals surface area contributed by atoms with Gasteiger partial charge in [-0.2, -0.15) is 0 Å². The number of para-hydroxylation sites is 1. The molecule has 0 radical (unpaired) electrons. The van der Waals surface area contributed by atoms with Gasteiger partial charge in [-0.05, 0) is 19.4 Å². The van der Waals surface area contributed by atoms with E-state index in [9.17, 15) is 19.7 Å². The highest BCUT2D eigenvalue weighted by atomic mass is 16.6. The van der Waals surface area contributed by atoms with Gasteiger partial charge >= 0.3 is 6.09 Å². The number of nitro groups is 1. The van der Waals surface area contributed by atoms with Crippen molar-refractivity contribution in [1.29, 1.82) is 0 Å². The third kappa shape index (κ3) is 4.90. The molecule has 1 saturated heterocycles. The molecule has 136 valence electrons. The highest BCUT2D eigenvalue weighted by molar-refractivity contribution is 5.94. The van der Waals surface area contributed by atoms with E-state index < -0.39 is 4.92 Å². The van der Waals surface area contributed by atoms with Crippen LogP contribution in [0.5, 0.6) is 0 Å². The number of carbonyl (C=O) groups is 2. The Morgan fingerprint density at radius 3 is 2.64 bits per heavy atom. The standard InChI is InChI=1S/C16H22N4O5/c1-3-25-16(22)19-9-7-18(8-10-19)11-14(21)17-15-12(2)5-4-6-13(15)20(23)24/h4-6H,3,7-11H2,1-2H3,(H,17,21)/p+1. The molecular weight excluding hydrogens is 328 g/mol. The Morgan fingerprint density at radius 2 is 2.04 bits per heavy atom. The molecule has 0 spiro atoms. The second kappa shape index (κ2) is 8.43. The molecule has 1 fully saturated rings. The lowest BCUT2D eigenvalue weighted by Gasteiger charge is -2.31. The predicted octanol–water partition coefficient (Wildman–Crippen LogP) is 0.199. The summed E-state index contributed by atoms with van der Waals surface area (Å²) in [5.41, 5.74) is 0.766. The largest absolute Gasteiger partial charge is 0.450 e. The van der Waals surface area contributed by atoms with E-state index in [0.29, 0.717) is 38.3 Å². The van der Waals surface area contributed by atoms with Crippen LogP contribution in [0, 0.1) is 17.0 Å². The maximum absolute atomic E-state index is 12.3. The summed E-state index contributed by atoms with van der Waals surface area (Å²) in [5, 5.41) is 13.8. The number of amides is 2. The summed E-state index contributed by atoms with van der Waals surface area (Å²) in [6, 6.07) is 4.67. The van der Waals surface area contributed by atoms with Gasteiger partial charge in [0.1, 0.15) is 5.69 Å². The predicted molar refractivity (Wildman–Crippen MR) is 90.6 cm³/mol. The smallest absolute Gasteiger partial charge is 0.410 e. The van der Waals surface area contributed by atoms with Crippen molar-refractivity contribution < 1.29 is 24.1 Å². The number of nitrogens with zero attached hydrogens (tertiary/aromatic N) is 2. The van der Waals surface area contributed by atoms with E-state index in [1.54, 1.807) is 30.9 Å². The second-order valence-corrected chi connectivity index (χ2v) is 5.89. The summed E-state index contributed by atoms with van der Waals surface area (Å²) < 4.78 is 4.96. The third-order valence-corrected chi connectivity index (χ3v) is 4.12. The number of hydrogen-bond donors (Lipinski definition) is 2. The van der Waals surface area contributed by atoms with Crippen LogP contribution in [-0.4, -0.2) is 61.2 Å². The summed E-state index contributed by atoms with van der Waals surface area (Å²) >= 11 is 0. The number of quaternary nitrogens is 1. The van der Waals surface area contributed by atoms with Gasteiger partial charge in [-0.1, -0.05) is 12.1 Å². The van der Waals surface area contributed by atoms with Crippen molar-refractivity contribution in [3.63, 3.8) is 0 Å². The first kappa shape index (κ1) is 18.7. The summed E-state index contributed by atoms with van der Waals surface area (Å²) in [7, 11) is 0. The number of carbonyl (C=O) groups excluding carboxylic acids is 2. The average Bonchev–Trinajstić information content (AvgIpc) is 2.57. The number of nitrogens with one attached hydrogen (secondary N) is 2. The lowest BCUT2D eigenvalue weighted by molar-refractivity contribution is -0.895. The normalized spacial score (nSPS) is 14.9. The first-order valence-corrected chi connectivity index (χ1v) is 8.21. The van der Waals surface area contributed by atoms with Crippen LogP contribution in [-0.2, 0) is 9.53 Å². The molecule has 0 saturated carbocycles. The molecular formula is C16H23N4O5+. The molecule has 2 N–H and O–H groups in total. The number of hydrogen-bond acceptors (Lipinski definition) is 5. The third-order valence-electron chi connectivity index (χ3n) is 4.12. The van der Waals surface area contributed by atoms with Crippen LogP contribution in [0.15, 0.2) is 18.2 Å². The van der Waals surface area contributed by atoms with E-state index in [-0.39, 0.29) is 29.9 Å². The van der Waals surface area contributed by atoms with Gasteiger partial charge in [0.25, 0.3) is 11.6 Å². The Bertz CT molecular complexity index is 656. The SMILES string of the molecule is CCOC(=O)N1CC[NH+](CC(=O)Nc2c(C)cccc2[N+](=O)[O-])CC1. The Labute approximate surface area is 145 Å². The maximum atomic E-state index is 12.3. The van der Waals surface area contributed by atoms with Crippen LogP contribution >= 0.6 is 0 Å². The molecule has 1 heterocycles. The van der Waals surface area contributed by atoms with Gasteiger partial charge in [0.2, 0.25) is 0 Å². The van der Waals surface area contributed by atoms with E-state index in [1.165, 1.54) is 6.07 Å². The minimum atomic E-state index is -0.506. The Kier molecular flexibility index (Phi) is 6.29. The zero-order valence-corrected chi connectivity index (χ0v) is 14.4. The van der Waals surface area contributed by atoms with Crippen molar-refractivity contribution in [3.05, 3.63) is 33.9 Å². The fraction of sp³-hybridized carbons (Fsp3) is 0.500. The summed E-state index contributed by atoms with van der Waals surface area (Å²) in [6.45, 7) is 6.30. The van der Waals surface area contributed by atoms with Crippen molar-refractivity contribution in [2.75, 3.05) is 44.6 Å². The number of nitro benzene ring substituents is 1. The van der Waals surface area contributed by atoms with Crippen LogP contribution < -0.4 is 10.2 Å². The van der Waals surface area contributed by atoms with Crippen molar-refractivity contribution in [2.24, 2.45) is 0 Å². The van der Waals surface area contributed by atoms with Crippen molar-refractivity contribution in [1.82, 2.24) is 4.90 Å². The summed E-state index contributed by atoms with van der Waals surface area (Å²) in [6.07, 6.45) is -0.332. The average molecular weight is 351 g/mol. The molecule has 25 heavy (non-hydrogen) atoms. The topological polar surface area (TPSA) is 106 Å². The molecule has 2 amide bonds. The van der Waals surface area contributed by atoms with E-state index in [0.717, 1.165) is 4.90 Å². The van der Waals surface area contributed by atoms with Crippen LogP contribution in [0.3, 0.4) is 0 Å². The number of anilines is 1. The lowest BCUT2D eigenvalue weighted by Crippen LogP contribution is -3.15. The number of aryl methyl sites for hydroxylation is 1. The quantitative estimate of drug-likeness (QED) is 0.582. The van der Waals surface area contributed by atoms with Crippen LogP contribution in [0.1, 0.15) is 12.5 Å². The molecule has 1 aliphatic heterocycles. The highest BCUT2D eigenvalue weighted by Crippen LogP contribution is 2.27. The number of piperazine rings is 1. The fourth-order valence-electron chi connectivity index (χ4n) is 2.77. The van der Waals surface area contributed by atoms with Crippen LogP contribution in [0.4, 0.5) is 16.2 Å². The second-order valence-electron chi connectivity index (χ2n) is 5.89. The number of rotatable bonds is 5. The van der Waals surface area contributed by atoms with E-state index in [4.69, 9.17) is 4.74 Å². The van der Waals surface area contributed by atoms with Gasteiger partial charge in [0, 0.05) is 6.07 Å². The number of benzene rings is 1. The Hall–Kier alpha value is -2.68. The zero-order chi connectivity index (χ0) is 18.4. The van der Waals surface area contributed by atoms with E-state index in [2.05, 4.69) is 5.32 Å². The molecule has 0 aliphatic carbocycles. The molecule has 9 heteroatoms. The van der Waals surface area contributed by atoms with E-state index in [1.807, 2.05) is 0 Å². The molecule has 1 aromatic carbocycles. The molecule has 9 nitrogen and oxygen atoms in total. The minimum Gasteiger partial charge on any atom is -0.450 e. The molecule has 0 bridgehead atoms. The monoisotopic (exact) mass is 351 g/mol. The van der Waals surface area contributed by atoms with Gasteiger partial charge in [0.15, 0.2) is 6.54 Å². The number of ether oxygens (including phenoxy) is 1. The molecule has 1 aromatic rings. The molecule has 2 rings (SSSR count). The first-order chi connectivity index (χ1) is 11.9. The fourth-order valence-corrected chi connectivity index (χ4v) is 2.77. The van der Waals surface area contributed by atoms with Gasteiger partial charge in [0.05, 0.1) is 37.7 Å². The minimum absolute atomic E-state index is 0.115. The molecule has 1 aliphatic rings. The van der Waals surface area contributed by atoms with Crippen LogP contribution in [0.25, 0.3) is 0 Å². The highest BCUT2D eigenvalue weighted by Gasteiger charge is 2.27. The summed E-state index contributed by atoms with van der Waals surface area (Å²) in [4.78, 5) is 37.2. The lowest BCUT2D eigenvalue weighted by atomic mass is 10.1. The Morgan fingerprint density at radius 1 is 1.36 bits per heavy atom. The van der Waals surface area contributed by atoms with Gasteiger partial charge in [-0.25, -0.2) is 4.79 Å². The maximum Gasteiger partial charge on any atom is 0.410 e.